The van der Waals surface area contributed by atoms with E-state index in [9.17, 15) is 13.2 Å². The average molecular weight is 323 g/mol. The number of halogens is 4. The first-order valence-electron chi connectivity index (χ1n) is 7.22. The van der Waals surface area contributed by atoms with Gasteiger partial charge in [0.2, 0.25) is 0 Å². The fraction of sp³-hybridized carbons (Fsp3) is 0.600. The van der Waals surface area contributed by atoms with Crippen LogP contribution < -0.4 is 5.32 Å². The maximum absolute atomic E-state index is 14.0. The van der Waals surface area contributed by atoms with Crippen molar-refractivity contribution in [1.82, 2.24) is 10.2 Å². The van der Waals surface area contributed by atoms with Crippen LogP contribution in [0.25, 0.3) is 0 Å². The van der Waals surface area contributed by atoms with E-state index in [0.29, 0.717) is 6.42 Å². The molecule has 1 aromatic rings. The summed E-state index contributed by atoms with van der Waals surface area (Å²) in [4.78, 5) is 2.09. The Hall–Kier alpha value is -0.780. The van der Waals surface area contributed by atoms with Crippen LogP contribution in [0.15, 0.2) is 12.1 Å². The number of nitrogens with zero attached hydrogens (tertiary/aromatic N) is 1. The summed E-state index contributed by atoms with van der Waals surface area (Å²) in [6.07, 6.45) is 2.55. The zero-order valence-corrected chi connectivity index (χ0v) is 13.0. The van der Waals surface area contributed by atoms with Crippen molar-refractivity contribution < 1.29 is 13.2 Å². The van der Waals surface area contributed by atoms with Gasteiger partial charge in [0.25, 0.3) is 0 Å². The van der Waals surface area contributed by atoms with Gasteiger partial charge in [0, 0.05) is 49.9 Å². The quantitative estimate of drug-likeness (QED) is 0.890. The van der Waals surface area contributed by atoms with Crippen molar-refractivity contribution in [3.05, 3.63) is 35.1 Å². The molecule has 0 aromatic heterocycles. The number of hydrogen-bond acceptors (Lipinski definition) is 2. The van der Waals surface area contributed by atoms with Crippen LogP contribution in [0.5, 0.6) is 0 Å². The molecule has 6 heteroatoms. The van der Waals surface area contributed by atoms with Crippen LogP contribution in [0.4, 0.5) is 13.2 Å². The number of benzene rings is 1. The first-order chi connectivity index (χ1) is 9.63. The lowest BCUT2D eigenvalue weighted by Gasteiger charge is -2.35. The fourth-order valence-electron chi connectivity index (χ4n) is 2.77. The van der Waals surface area contributed by atoms with Gasteiger partial charge in [-0.3, -0.25) is 4.90 Å². The molecule has 0 bridgehead atoms. The largest absolute Gasteiger partial charge is 0.314 e. The van der Waals surface area contributed by atoms with E-state index in [2.05, 4.69) is 10.2 Å². The van der Waals surface area contributed by atoms with Crippen LogP contribution in [-0.2, 0) is 0 Å². The maximum Gasteiger partial charge on any atom is 0.133 e. The molecule has 1 heterocycles. The molecule has 0 amide bonds. The monoisotopic (exact) mass is 322 g/mol. The summed E-state index contributed by atoms with van der Waals surface area (Å²) in [5.74, 6) is -2.41. The molecule has 0 spiro atoms. The summed E-state index contributed by atoms with van der Waals surface area (Å²) in [7, 11) is 0. The normalized spacial score (nSPS) is 17.3. The van der Waals surface area contributed by atoms with Crippen molar-refractivity contribution in [3.63, 3.8) is 0 Å². The summed E-state index contributed by atoms with van der Waals surface area (Å²) in [6, 6.07) is 1.25. The number of hydrogen-bond donors (Lipinski definition) is 1. The van der Waals surface area contributed by atoms with Gasteiger partial charge in [0.15, 0.2) is 0 Å². The Morgan fingerprint density at radius 3 is 2.24 bits per heavy atom. The third-order valence-electron chi connectivity index (χ3n) is 3.80. The minimum absolute atomic E-state index is 0. The van der Waals surface area contributed by atoms with Crippen LogP contribution in [0.2, 0.25) is 0 Å². The standard InChI is InChI=1S/C15H21F3N2.ClH/c1-2-3-4-14(20-7-5-19-6-8-20)15-12(17)9-11(16)10-13(15)18;/h9-10,14,19H,2-8H2,1H3;1H/t14-;/m1./s1. The maximum atomic E-state index is 14.0. The van der Waals surface area contributed by atoms with Gasteiger partial charge >= 0.3 is 0 Å². The van der Waals surface area contributed by atoms with Gasteiger partial charge < -0.3 is 5.32 Å². The molecule has 0 aliphatic carbocycles. The zero-order valence-electron chi connectivity index (χ0n) is 12.2. The minimum Gasteiger partial charge on any atom is -0.314 e. The second-order valence-electron chi connectivity index (χ2n) is 5.23. The van der Waals surface area contributed by atoms with E-state index in [1.807, 2.05) is 6.92 Å². The third kappa shape index (κ3) is 4.59. The van der Waals surface area contributed by atoms with Gasteiger partial charge in [-0.05, 0) is 6.42 Å². The number of piperazine rings is 1. The highest BCUT2D eigenvalue weighted by Gasteiger charge is 2.27. The van der Waals surface area contributed by atoms with E-state index in [-0.39, 0.29) is 24.0 Å². The van der Waals surface area contributed by atoms with Gasteiger partial charge in [-0.15, -0.1) is 12.4 Å². The van der Waals surface area contributed by atoms with Gasteiger partial charge in [-0.25, -0.2) is 13.2 Å². The Bertz CT molecular complexity index is 428. The highest BCUT2D eigenvalue weighted by Crippen LogP contribution is 2.31. The van der Waals surface area contributed by atoms with E-state index >= 15 is 0 Å². The van der Waals surface area contributed by atoms with Crippen LogP contribution in [0.1, 0.15) is 37.8 Å². The Labute approximate surface area is 130 Å². The predicted molar refractivity (Wildman–Crippen MR) is 80.3 cm³/mol. The van der Waals surface area contributed by atoms with Gasteiger partial charge in [0.1, 0.15) is 17.5 Å². The van der Waals surface area contributed by atoms with E-state index in [4.69, 9.17) is 0 Å². The van der Waals surface area contributed by atoms with E-state index in [1.54, 1.807) is 0 Å². The molecule has 1 atom stereocenters. The molecule has 1 aliphatic rings. The second-order valence-corrected chi connectivity index (χ2v) is 5.23. The van der Waals surface area contributed by atoms with E-state index in [0.717, 1.165) is 51.2 Å². The number of rotatable bonds is 5. The molecule has 0 saturated carbocycles. The molecule has 0 unspecified atom stereocenters. The minimum atomic E-state index is -0.863. The molecule has 21 heavy (non-hydrogen) atoms. The molecule has 2 nitrogen and oxygen atoms in total. The van der Waals surface area contributed by atoms with Crippen molar-refractivity contribution in [3.8, 4) is 0 Å². The van der Waals surface area contributed by atoms with Crippen LogP contribution in [0, 0.1) is 17.5 Å². The number of unbranched alkanes of at least 4 members (excludes halogenated alkanes) is 1. The Morgan fingerprint density at radius 1 is 1.14 bits per heavy atom. The van der Waals surface area contributed by atoms with Crippen molar-refractivity contribution in [2.24, 2.45) is 0 Å². The van der Waals surface area contributed by atoms with Crippen LogP contribution >= 0.6 is 12.4 Å². The zero-order chi connectivity index (χ0) is 14.5. The fourth-order valence-corrected chi connectivity index (χ4v) is 2.77. The Kier molecular flexibility index (Phi) is 7.49. The third-order valence-corrected chi connectivity index (χ3v) is 3.80. The molecule has 1 fully saturated rings. The topological polar surface area (TPSA) is 15.3 Å². The van der Waals surface area contributed by atoms with Crippen molar-refractivity contribution >= 4 is 12.4 Å². The highest BCUT2D eigenvalue weighted by atomic mass is 35.5. The molecule has 1 aromatic carbocycles. The van der Waals surface area contributed by atoms with Crippen molar-refractivity contribution in [2.45, 2.75) is 32.2 Å². The lowest BCUT2D eigenvalue weighted by atomic mass is 9.97. The Morgan fingerprint density at radius 2 is 1.71 bits per heavy atom. The van der Waals surface area contributed by atoms with E-state index < -0.39 is 17.5 Å². The molecule has 1 saturated heterocycles. The lowest BCUT2D eigenvalue weighted by molar-refractivity contribution is 0.156. The average Bonchev–Trinajstić information content (AvgIpc) is 2.42. The van der Waals surface area contributed by atoms with E-state index in [1.165, 1.54) is 0 Å². The van der Waals surface area contributed by atoms with Crippen LogP contribution in [-0.4, -0.2) is 31.1 Å². The number of nitrogens with one attached hydrogen (secondary N) is 1. The van der Waals surface area contributed by atoms with Gasteiger partial charge in [0.05, 0.1) is 0 Å². The first kappa shape index (κ1) is 18.3. The Balaban J connectivity index is 0.00000220. The van der Waals surface area contributed by atoms with Gasteiger partial charge in [-0.2, -0.15) is 0 Å². The molecular weight excluding hydrogens is 301 g/mol. The molecule has 1 aliphatic heterocycles. The summed E-state index contributed by atoms with van der Waals surface area (Å²) >= 11 is 0. The van der Waals surface area contributed by atoms with Crippen molar-refractivity contribution in [1.29, 1.82) is 0 Å². The SMILES string of the molecule is CCCC[C@H](c1c(F)cc(F)cc1F)N1CCNCC1.Cl. The molecule has 0 radical (unpaired) electrons. The summed E-state index contributed by atoms with van der Waals surface area (Å²) in [5, 5.41) is 3.23. The molecule has 120 valence electrons. The molecule has 2 rings (SSSR count). The second kappa shape index (κ2) is 8.61. The van der Waals surface area contributed by atoms with Gasteiger partial charge in [-0.1, -0.05) is 19.8 Å². The highest BCUT2D eigenvalue weighted by molar-refractivity contribution is 5.85. The first-order valence-corrected chi connectivity index (χ1v) is 7.22. The van der Waals surface area contributed by atoms with Crippen molar-refractivity contribution in [2.75, 3.05) is 26.2 Å². The molecular formula is C15H22ClF3N2. The lowest BCUT2D eigenvalue weighted by Crippen LogP contribution is -2.45. The smallest absolute Gasteiger partial charge is 0.133 e. The van der Waals surface area contributed by atoms with Crippen LogP contribution in [0.3, 0.4) is 0 Å². The summed E-state index contributed by atoms with van der Waals surface area (Å²) < 4.78 is 41.1. The molecule has 1 N–H and O–H groups in total. The summed E-state index contributed by atoms with van der Waals surface area (Å²) in [5.41, 5.74) is 0.0155. The predicted octanol–water partition coefficient (Wildman–Crippen LogP) is 3.66. The summed E-state index contributed by atoms with van der Waals surface area (Å²) in [6.45, 7) is 5.18.